The third-order valence-corrected chi connectivity index (χ3v) is 3.62. The quantitative estimate of drug-likeness (QED) is 0.750. The summed E-state index contributed by atoms with van der Waals surface area (Å²) in [6.45, 7) is 2.21. The van der Waals surface area contributed by atoms with Crippen LogP contribution in [-0.4, -0.2) is 25.0 Å². The van der Waals surface area contributed by atoms with Crippen molar-refractivity contribution >= 4 is 11.0 Å². The van der Waals surface area contributed by atoms with Crippen LogP contribution < -0.4 is 0 Å². The predicted molar refractivity (Wildman–Crippen MR) is 65.6 cm³/mol. The second-order valence-electron chi connectivity index (χ2n) is 4.91. The van der Waals surface area contributed by atoms with E-state index in [-0.39, 0.29) is 5.82 Å². The highest BCUT2D eigenvalue weighted by atomic mass is 19.1. The molecule has 0 unspecified atom stereocenters. The number of piperidine rings is 1. The zero-order valence-electron chi connectivity index (χ0n) is 9.95. The van der Waals surface area contributed by atoms with Crippen molar-refractivity contribution < 1.29 is 8.81 Å². The van der Waals surface area contributed by atoms with Crippen LogP contribution in [0.25, 0.3) is 11.0 Å². The molecular weight excluding hydrogens is 217 g/mol. The van der Waals surface area contributed by atoms with Crippen LogP contribution in [0.4, 0.5) is 4.39 Å². The third kappa shape index (κ3) is 2.07. The predicted octanol–water partition coefficient (Wildman–Crippen LogP) is 3.38. The van der Waals surface area contributed by atoms with Crippen LogP contribution in [0.1, 0.15) is 24.5 Å². The first-order chi connectivity index (χ1) is 8.22. The molecular formula is C14H16FNO. The lowest BCUT2D eigenvalue weighted by atomic mass is 9.94. The van der Waals surface area contributed by atoms with Crippen molar-refractivity contribution in [2.45, 2.75) is 18.8 Å². The molecule has 1 aromatic carbocycles. The number of rotatable bonds is 1. The summed E-state index contributed by atoms with van der Waals surface area (Å²) in [6, 6.07) is 6.69. The van der Waals surface area contributed by atoms with Gasteiger partial charge in [0.15, 0.2) is 0 Å². The maximum Gasteiger partial charge on any atom is 0.134 e. The zero-order valence-corrected chi connectivity index (χ0v) is 9.95. The molecule has 1 aliphatic heterocycles. The van der Waals surface area contributed by atoms with Gasteiger partial charge < -0.3 is 9.32 Å². The molecule has 0 radical (unpaired) electrons. The number of hydrogen-bond acceptors (Lipinski definition) is 2. The molecule has 1 saturated heterocycles. The van der Waals surface area contributed by atoms with Crippen molar-refractivity contribution in [1.82, 2.24) is 4.90 Å². The second-order valence-corrected chi connectivity index (χ2v) is 4.91. The summed E-state index contributed by atoms with van der Waals surface area (Å²) in [5.41, 5.74) is 0.792. The molecule has 90 valence electrons. The lowest BCUT2D eigenvalue weighted by Gasteiger charge is -2.27. The van der Waals surface area contributed by atoms with Crippen LogP contribution in [0, 0.1) is 5.82 Å². The van der Waals surface area contributed by atoms with Gasteiger partial charge in [-0.15, -0.1) is 0 Å². The molecule has 0 aliphatic carbocycles. The zero-order chi connectivity index (χ0) is 11.8. The monoisotopic (exact) mass is 233 g/mol. The molecule has 1 aromatic heterocycles. The van der Waals surface area contributed by atoms with E-state index < -0.39 is 0 Å². The molecule has 1 fully saturated rings. The van der Waals surface area contributed by atoms with Gasteiger partial charge in [-0.3, -0.25) is 0 Å². The van der Waals surface area contributed by atoms with Crippen molar-refractivity contribution in [1.29, 1.82) is 0 Å². The molecule has 0 N–H and O–H groups in total. The van der Waals surface area contributed by atoms with Crippen LogP contribution in [0.15, 0.2) is 28.7 Å². The lowest BCUT2D eigenvalue weighted by molar-refractivity contribution is 0.242. The molecule has 2 nitrogen and oxygen atoms in total. The number of likely N-dealkylation sites (tertiary alicyclic amines) is 1. The highest BCUT2D eigenvalue weighted by Gasteiger charge is 2.21. The smallest absolute Gasteiger partial charge is 0.134 e. The first kappa shape index (κ1) is 10.8. The highest BCUT2D eigenvalue weighted by molar-refractivity contribution is 5.78. The SMILES string of the molecule is CN1CCC(c2cc3cc(F)ccc3o2)CC1. The summed E-state index contributed by atoms with van der Waals surface area (Å²) in [5, 5.41) is 0.874. The first-order valence-corrected chi connectivity index (χ1v) is 6.10. The average molecular weight is 233 g/mol. The van der Waals surface area contributed by atoms with Crippen molar-refractivity contribution in [2.24, 2.45) is 0 Å². The van der Waals surface area contributed by atoms with Crippen LogP contribution >= 0.6 is 0 Å². The Balaban J connectivity index is 1.90. The molecule has 17 heavy (non-hydrogen) atoms. The van der Waals surface area contributed by atoms with Crippen molar-refractivity contribution in [2.75, 3.05) is 20.1 Å². The fourth-order valence-corrected chi connectivity index (χ4v) is 2.53. The number of nitrogens with zero attached hydrogens (tertiary/aromatic N) is 1. The normalized spacial score (nSPS) is 18.9. The summed E-state index contributed by atoms with van der Waals surface area (Å²) in [4.78, 5) is 2.33. The molecule has 0 spiro atoms. The Morgan fingerprint density at radius 3 is 2.76 bits per heavy atom. The number of halogens is 1. The van der Waals surface area contributed by atoms with E-state index in [1.54, 1.807) is 6.07 Å². The minimum Gasteiger partial charge on any atom is -0.461 e. The molecule has 0 saturated carbocycles. The van der Waals surface area contributed by atoms with E-state index in [1.165, 1.54) is 12.1 Å². The van der Waals surface area contributed by atoms with Crippen molar-refractivity contribution in [3.05, 3.63) is 35.8 Å². The van der Waals surface area contributed by atoms with Crippen molar-refractivity contribution in [3.63, 3.8) is 0 Å². The van der Waals surface area contributed by atoms with Crippen molar-refractivity contribution in [3.8, 4) is 0 Å². The minimum atomic E-state index is -0.201. The Hall–Kier alpha value is -1.35. The minimum absolute atomic E-state index is 0.201. The molecule has 0 amide bonds. The Bertz CT molecular complexity index is 526. The summed E-state index contributed by atoms with van der Waals surface area (Å²) in [7, 11) is 2.14. The van der Waals surface area contributed by atoms with E-state index in [1.807, 2.05) is 6.07 Å². The molecule has 3 heteroatoms. The maximum atomic E-state index is 13.1. The molecule has 2 heterocycles. The van der Waals surface area contributed by atoms with Gasteiger partial charge in [0, 0.05) is 11.3 Å². The number of furan rings is 1. The van der Waals surface area contributed by atoms with Gasteiger partial charge in [0.05, 0.1) is 0 Å². The first-order valence-electron chi connectivity index (χ1n) is 6.10. The summed E-state index contributed by atoms with van der Waals surface area (Å²) in [5.74, 6) is 1.30. The summed E-state index contributed by atoms with van der Waals surface area (Å²) in [6.07, 6.45) is 2.25. The maximum absolute atomic E-state index is 13.1. The van der Waals surface area contributed by atoms with Gasteiger partial charge >= 0.3 is 0 Å². The third-order valence-electron chi connectivity index (χ3n) is 3.62. The van der Waals surface area contributed by atoms with E-state index in [9.17, 15) is 4.39 Å². The number of benzene rings is 1. The Labute approximate surface area is 100 Å². The molecule has 2 aromatic rings. The van der Waals surface area contributed by atoms with Gasteiger partial charge in [-0.25, -0.2) is 4.39 Å². The molecule has 1 aliphatic rings. The van der Waals surface area contributed by atoms with Gasteiger partial charge in [-0.05, 0) is 57.2 Å². The molecule has 0 bridgehead atoms. The number of fused-ring (bicyclic) bond motifs is 1. The Morgan fingerprint density at radius 2 is 2.00 bits per heavy atom. The van der Waals surface area contributed by atoms with E-state index in [2.05, 4.69) is 11.9 Å². The van der Waals surface area contributed by atoms with Gasteiger partial charge in [0.2, 0.25) is 0 Å². The van der Waals surface area contributed by atoms with Crippen LogP contribution in [-0.2, 0) is 0 Å². The summed E-state index contributed by atoms with van der Waals surface area (Å²) < 4.78 is 18.9. The van der Waals surface area contributed by atoms with Gasteiger partial charge in [0.1, 0.15) is 17.2 Å². The van der Waals surface area contributed by atoms with E-state index in [0.29, 0.717) is 5.92 Å². The summed E-state index contributed by atoms with van der Waals surface area (Å²) >= 11 is 0. The Kier molecular flexibility index (Phi) is 2.63. The topological polar surface area (TPSA) is 16.4 Å². The fourth-order valence-electron chi connectivity index (χ4n) is 2.53. The average Bonchev–Trinajstić information content (AvgIpc) is 2.72. The van der Waals surface area contributed by atoms with Crippen LogP contribution in [0.5, 0.6) is 0 Å². The van der Waals surface area contributed by atoms with E-state index in [0.717, 1.165) is 42.7 Å². The van der Waals surface area contributed by atoms with E-state index in [4.69, 9.17) is 4.42 Å². The Morgan fingerprint density at radius 1 is 1.24 bits per heavy atom. The van der Waals surface area contributed by atoms with Gasteiger partial charge in [-0.1, -0.05) is 0 Å². The highest BCUT2D eigenvalue weighted by Crippen LogP contribution is 2.32. The number of hydrogen-bond donors (Lipinski definition) is 0. The fraction of sp³-hybridized carbons (Fsp3) is 0.429. The standard InChI is InChI=1S/C14H16FNO/c1-16-6-4-10(5-7-16)14-9-11-8-12(15)2-3-13(11)17-14/h2-3,8-10H,4-7H2,1H3. The van der Waals surface area contributed by atoms with Gasteiger partial charge in [-0.2, -0.15) is 0 Å². The van der Waals surface area contributed by atoms with Crippen LogP contribution in [0.3, 0.4) is 0 Å². The molecule has 0 atom stereocenters. The largest absolute Gasteiger partial charge is 0.461 e. The second kappa shape index (κ2) is 4.15. The lowest BCUT2D eigenvalue weighted by Crippen LogP contribution is -2.29. The van der Waals surface area contributed by atoms with Gasteiger partial charge in [0.25, 0.3) is 0 Å². The van der Waals surface area contributed by atoms with Crippen LogP contribution in [0.2, 0.25) is 0 Å². The van der Waals surface area contributed by atoms with E-state index >= 15 is 0 Å². The molecule has 3 rings (SSSR count).